The average molecular weight is 215 g/mol. The van der Waals surface area contributed by atoms with Crippen LogP contribution in [0.5, 0.6) is 0 Å². The summed E-state index contributed by atoms with van der Waals surface area (Å²) in [6.45, 7) is -0.335. The molecule has 0 heterocycles. The van der Waals surface area contributed by atoms with E-state index in [4.69, 9.17) is 22.4 Å². The number of carbonyl (C=O) groups is 1. The van der Waals surface area contributed by atoms with Crippen LogP contribution in [0.1, 0.15) is 0 Å². The largest absolute Gasteiger partial charge is 0.394 e. The monoisotopic (exact) mass is 214 g/mol. The number of rotatable bonds is 4. The number of aliphatic hydroxyl groups excluding tert-OH is 1. The number of primary amides is 1. The Kier molecular flexibility index (Phi) is 3.73. The predicted octanol–water partition coefficient (Wildman–Crippen LogP) is 0.598. The van der Waals surface area contributed by atoms with Crippen LogP contribution in [0.4, 0.5) is 5.69 Å². The van der Waals surface area contributed by atoms with E-state index >= 15 is 0 Å². The molecule has 0 aliphatic carbocycles. The quantitative estimate of drug-likeness (QED) is 0.687. The van der Waals surface area contributed by atoms with Gasteiger partial charge in [0.25, 0.3) is 0 Å². The fourth-order valence-electron chi connectivity index (χ4n) is 0.954. The van der Waals surface area contributed by atoms with Crippen LogP contribution < -0.4 is 11.1 Å². The van der Waals surface area contributed by atoms with Crippen molar-refractivity contribution < 1.29 is 9.90 Å². The minimum absolute atomic E-state index is 0.335. The summed E-state index contributed by atoms with van der Waals surface area (Å²) < 4.78 is 0. The normalized spacial score (nSPS) is 12.1. The van der Waals surface area contributed by atoms with Gasteiger partial charge in [-0.2, -0.15) is 0 Å². The van der Waals surface area contributed by atoms with E-state index in [0.29, 0.717) is 10.7 Å². The summed E-state index contributed by atoms with van der Waals surface area (Å²) in [4.78, 5) is 10.8. The van der Waals surface area contributed by atoms with Crippen LogP contribution in [-0.4, -0.2) is 23.7 Å². The molecular formula is C9H11ClN2O2. The number of anilines is 1. The lowest BCUT2D eigenvalue weighted by Gasteiger charge is -2.13. The van der Waals surface area contributed by atoms with Crippen molar-refractivity contribution in [2.45, 2.75) is 6.04 Å². The smallest absolute Gasteiger partial charge is 0.242 e. The van der Waals surface area contributed by atoms with Gasteiger partial charge in [0, 0.05) is 10.7 Å². The zero-order chi connectivity index (χ0) is 10.6. The molecule has 0 aliphatic rings. The van der Waals surface area contributed by atoms with Gasteiger partial charge in [-0.15, -0.1) is 0 Å². The van der Waals surface area contributed by atoms with Crippen LogP contribution in [-0.2, 0) is 4.79 Å². The summed E-state index contributed by atoms with van der Waals surface area (Å²) in [6, 6.07) is 6.00. The SMILES string of the molecule is NC(=O)[C@H](CO)Nc1ccc(Cl)cc1. The zero-order valence-corrected chi connectivity index (χ0v) is 8.16. The number of hydrogen-bond acceptors (Lipinski definition) is 3. The highest BCUT2D eigenvalue weighted by Gasteiger charge is 2.12. The van der Waals surface area contributed by atoms with Gasteiger partial charge in [-0.25, -0.2) is 0 Å². The molecule has 0 saturated heterocycles. The Morgan fingerprint density at radius 2 is 2.07 bits per heavy atom. The molecule has 0 unspecified atom stereocenters. The topological polar surface area (TPSA) is 75.4 Å². The van der Waals surface area contributed by atoms with Crippen molar-refractivity contribution in [3.05, 3.63) is 29.3 Å². The molecule has 5 heteroatoms. The van der Waals surface area contributed by atoms with E-state index in [-0.39, 0.29) is 6.61 Å². The van der Waals surface area contributed by atoms with Crippen molar-refractivity contribution >= 4 is 23.2 Å². The van der Waals surface area contributed by atoms with Crippen molar-refractivity contribution in [3.8, 4) is 0 Å². The molecule has 1 amide bonds. The van der Waals surface area contributed by atoms with Crippen LogP contribution in [0.15, 0.2) is 24.3 Å². The fraction of sp³-hybridized carbons (Fsp3) is 0.222. The maximum Gasteiger partial charge on any atom is 0.242 e. The molecule has 0 bridgehead atoms. The first-order chi connectivity index (χ1) is 6.63. The van der Waals surface area contributed by atoms with Crippen molar-refractivity contribution in [1.82, 2.24) is 0 Å². The maximum atomic E-state index is 10.8. The molecule has 76 valence electrons. The second kappa shape index (κ2) is 4.83. The Morgan fingerprint density at radius 1 is 1.50 bits per heavy atom. The van der Waals surface area contributed by atoms with Crippen LogP contribution in [0.3, 0.4) is 0 Å². The van der Waals surface area contributed by atoms with Gasteiger partial charge in [-0.3, -0.25) is 4.79 Å². The Labute approximate surface area is 86.7 Å². The highest BCUT2D eigenvalue weighted by atomic mass is 35.5. The van der Waals surface area contributed by atoms with Crippen molar-refractivity contribution in [1.29, 1.82) is 0 Å². The molecule has 1 rings (SSSR count). The molecule has 1 aromatic rings. The summed E-state index contributed by atoms with van der Waals surface area (Å²) >= 11 is 5.68. The first-order valence-corrected chi connectivity index (χ1v) is 4.43. The van der Waals surface area contributed by atoms with Gasteiger partial charge >= 0.3 is 0 Å². The number of halogens is 1. The number of benzene rings is 1. The average Bonchev–Trinajstić information content (AvgIpc) is 2.16. The highest BCUT2D eigenvalue weighted by molar-refractivity contribution is 6.30. The number of carbonyl (C=O) groups excluding carboxylic acids is 1. The van der Waals surface area contributed by atoms with Crippen molar-refractivity contribution in [3.63, 3.8) is 0 Å². The summed E-state index contributed by atoms with van der Waals surface area (Å²) in [5.74, 6) is -0.595. The number of amides is 1. The van der Waals surface area contributed by atoms with Crippen molar-refractivity contribution in [2.24, 2.45) is 5.73 Å². The molecule has 14 heavy (non-hydrogen) atoms. The van der Waals surface area contributed by atoms with Gasteiger partial charge in [0.1, 0.15) is 6.04 Å². The zero-order valence-electron chi connectivity index (χ0n) is 7.40. The van der Waals surface area contributed by atoms with Gasteiger partial charge in [-0.1, -0.05) is 11.6 Å². The molecule has 0 radical (unpaired) electrons. The summed E-state index contributed by atoms with van der Waals surface area (Å²) in [5, 5.41) is 12.2. The molecule has 0 spiro atoms. The molecule has 0 aliphatic heterocycles. The van der Waals surface area contributed by atoms with E-state index in [0.717, 1.165) is 0 Å². The van der Waals surface area contributed by atoms with Gasteiger partial charge < -0.3 is 16.2 Å². The first-order valence-electron chi connectivity index (χ1n) is 4.05. The van der Waals surface area contributed by atoms with Gasteiger partial charge in [0.05, 0.1) is 6.61 Å². The lowest BCUT2D eigenvalue weighted by Crippen LogP contribution is -2.38. The molecule has 4 N–H and O–H groups in total. The number of nitrogens with two attached hydrogens (primary N) is 1. The molecule has 1 atom stereocenters. The molecule has 4 nitrogen and oxygen atoms in total. The van der Waals surface area contributed by atoms with Crippen molar-refractivity contribution in [2.75, 3.05) is 11.9 Å². The Balaban J connectivity index is 2.67. The number of nitrogens with one attached hydrogen (secondary N) is 1. The highest BCUT2D eigenvalue weighted by Crippen LogP contribution is 2.13. The van der Waals surface area contributed by atoms with Crippen LogP contribution in [0, 0.1) is 0 Å². The standard InChI is InChI=1S/C9H11ClN2O2/c10-6-1-3-7(4-2-6)12-8(5-13)9(11)14/h1-4,8,12-13H,5H2,(H2,11,14)/t8-/m0/s1. The Bertz CT molecular complexity index is 313. The van der Waals surface area contributed by atoms with E-state index in [1.165, 1.54) is 0 Å². The van der Waals surface area contributed by atoms with Crippen LogP contribution in [0.2, 0.25) is 5.02 Å². The summed E-state index contributed by atoms with van der Waals surface area (Å²) in [5.41, 5.74) is 5.72. The van der Waals surface area contributed by atoms with E-state index in [1.807, 2.05) is 0 Å². The molecule has 0 aromatic heterocycles. The van der Waals surface area contributed by atoms with Gasteiger partial charge in [0.15, 0.2) is 0 Å². The third kappa shape index (κ3) is 2.90. The minimum Gasteiger partial charge on any atom is -0.394 e. The van der Waals surface area contributed by atoms with Gasteiger partial charge in [0.2, 0.25) is 5.91 Å². The number of aliphatic hydroxyl groups is 1. The van der Waals surface area contributed by atoms with Crippen LogP contribution >= 0.6 is 11.6 Å². The molecule has 1 aromatic carbocycles. The summed E-state index contributed by atoms with van der Waals surface area (Å²) in [6.07, 6.45) is 0. The van der Waals surface area contributed by atoms with E-state index in [1.54, 1.807) is 24.3 Å². The second-order valence-corrected chi connectivity index (χ2v) is 3.23. The second-order valence-electron chi connectivity index (χ2n) is 2.79. The Hall–Kier alpha value is -1.26. The third-order valence-corrected chi connectivity index (χ3v) is 1.96. The lowest BCUT2D eigenvalue weighted by atomic mass is 10.2. The Morgan fingerprint density at radius 3 is 2.50 bits per heavy atom. The van der Waals surface area contributed by atoms with E-state index in [9.17, 15) is 4.79 Å². The third-order valence-electron chi connectivity index (χ3n) is 1.71. The van der Waals surface area contributed by atoms with Gasteiger partial charge in [-0.05, 0) is 24.3 Å². The molecular weight excluding hydrogens is 204 g/mol. The van der Waals surface area contributed by atoms with Crippen LogP contribution in [0.25, 0.3) is 0 Å². The molecule has 0 saturated carbocycles. The fourth-order valence-corrected chi connectivity index (χ4v) is 1.08. The lowest BCUT2D eigenvalue weighted by molar-refractivity contribution is -0.119. The maximum absolute atomic E-state index is 10.8. The minimum atomic E-state index is -0.767. The van der Waals surface area contributed by atoms with E-state index < -0.39 is 11.9 Å². The number of hydrogen-bond donors (Lipinski definition) is 3. The summed E-state index contributed by atoms with van der Waals surface area (Å²) in [7, 11) is 0. The van der Waals surface area contributed by atoms with E-state index in [2.05, 4.69) is 5.32 Å². The predicted molar refractivity (Wildman–Crippen MR) is 55.1 cm³/mol. The molecule has 0 fully saturated rings. The first kappa shape index (κ1) is 10.8.